The SMILES string of the molecule is Cc1cc(C)nc(-n2nc(C)cc2NC(=O)c2ccc(N3CCOCC3)cc2)n1. The Morgan fingerprint density at radius 2 is 1.62 bits per heavy atom. The number of morpholine rings is 1. The Labute approximate surface area is 169 Å². The Balaban J connectivity index is 1.54. The first-order chi connectivity index (χ1) is 14.0. The van der Waals surface area contributed by atoms with Crippen LogP contribution in [0, 0.1) is 20.8 Å². The van der Waals surface area contributed by atoms with Gasteiger partial charge in [0.05, 0.1) is 18.9 Å². The minimum atomic E-state index is -0.205. The second-order valence-corrected chi connectivity index (χ2v) is 7.13. The molecule has 1 aromatic carbocycles. The lowest BCUT2D eigenvalue weighted by atomic mass is 10.1. The van der Waals surface area contributed by atoms with E-state index in [0.29, 0.717) is 17.3 Å². The fraction of sp³-hybridized carbons (Fsp3) is 0.333. The van der Waals surface area contributed by atoms with Gasteiger partial charge in [-0.15, -0.1) is 0 Å². The molecule has 8 nitrogen and oxygen atoms in total. The molecule has 4 rings (SSSR count). The van der Waals surface area contributed by atoms with Gasteiger partial charge in [0.25, 0.3) is 11.9 Å². The Morgan fingerprint density at radius 3 is 2.28 bits per heavy atom. The summed E-state index contributed by atoms with van der Waals surface area (Å²) in [5, 5.41) is 7.38. The van der Waals surface area contributed by atoms with Gasteiger partial charge in [0.1, 0.15) is 5.82 Å². The van der Waals surface area contributed by atoms with Crippen molar-refractivity contribution in [3.8, 4) is 5.95 Å². The van der Waals surface area contributed by atoms with E-state index in [1.807, 2.05) is 51.1 Å². The fourth-order valence-electron chi connectivity index (χ4n) is 3.38. The summed E-state index contributed by atoms with van der Waals surface area (Å²) < 4.78 is 6.95. The molecule has 0 atom stereocenters. The minimum Gasteiger partial charge on any atom is -0.378 e. The van der Waals surface area contributed by atoms with Crippen LogP contribution in [0.25, 0.3) is 5.95 Å². The smallest absolute Gasteiger partial charge is 0.256 e. The monoisotopic (exact) mass is 392 g/mol. The van der Waals surface area contributed by atoms with Crippen molar-refractivity contribution in [3.63, 3.8) is 0 Å². The standard InChI is InChI=1S/C21H24N6O2/c1-14-12-15(2)23-21(22-14)27-19(13-16(3)25-27)24-20(28)17-4-6-18(7-5-17)26-8-10-29-11-9-26/h4-7,12-13H,8-11H2,1-3H3,(H,24,28). The zero-order chi connectivity index (χ0) is 20.4. The number of anilines is 2. The van der Waals surface area contributed by atoms with Crippen molar-refractivity contribution >= 4 is 17.4 Å². The highest BCUT2D eigenvalue weighted by molar-refractivity contribution is 6.04. The maximum Gasteiger partial charge on any atom is 0.256 e. The Kier molecular flexibility index (Phi) is 5.26. The number of carbonyl (C=O) groups is 1. The minimum absolute atomic E-state index is 0.205. The molecule has 1 aliphatic heterocycles. The van der Waals surface area contributed by atoms with Crippen LogP contribution in [0.5, 0.6) is 0 Å². The van der Waals surface area contributed by atoms with Crippen LogP contribution >= 0.6 is 0 Å². The Hall–Kier alpha value is -3.26. The molecule has 0 aliphatic carbocycles. The number of aromatic nitrogens is 4. The number of carbonyl (C=O) groups excluding carboxylic acids is 1. The highest BCUT2D eigenvalue weighted by atomic mass is 16.5. The largest absolute Gasteiger partial charge is 0.378 e. The van der Waals surface area contributed by atoms with Crippen molar-refractivity contribution in [1.29, 1.82) is 0 Å². The quantitative estimate of drug-likeness (QED) is 0.735. The van der Waals surface area contributed by atoms with Gasteiger partial charge in [-0.05, 0) is 51.1 Å². The Bertz CT molecular complexity index is 1000. The molecular formula is C21H24N6O2. The van der Waals surface area contributed by atoms with Gasteiger partial charge in [0, 0.05) is 41.8 Å². The van der Waals surface area contributed by atoms with E-state index in [2.05, 4.69) is 25.3 Å². The molecule has 0 unspecified atom stereocenters. The van der Waals surface area contributed by atoms with Gasteiger partial charge in [-0.1, -0.05) is 0 Å². The lowest BCUT2D eigenvalue weighted by Gasteiger charge is -2.28. The molecule has 29 heavy (non-hydrogen) atoms. The highest BCUT2D eigenvalue weighted by Crippen LogP contribution is 2.19. The van der Waals surface area contributed by atoms with Crippen molar-refractivity contribution in [2.24, 2.45) is 0 Å². The van der Waals surface area contributed by atoms with E-state index in [0.717, 1.165) is 49.1 Å². The van der Waals surface area contributed by atoms with Crippen LogP contribution < -0.4 is 10.2 Å². The Morgan fingerprint density at radius 1 is 0.966 bits per heavy atom. The summed E-state index contributed by atoms with van der Waals surface area (Å²) in [5.41, 5.74) is 4.13. The van der Waals surface area contributed by atoms with Crippen LogP contribution in [0.4, 0.5) is 11.5 Å². The molecule has 1 aliphatic rings. The molecule has 0 bridgehead atoms. The average Bonchev–Trinajstić information content (AvgIpc) is 3.08. The number of benzene rings is 1. The predicted molar refractivity (Wildman–Crippen MR) is 111 cm³/mol. The van der Waals surface area contributed by atoms with Gasteiger partial charge in [0.15, 0.2) is 0 Å². The van der Waals surface area contributed by atoms with Gasteiger partial charge in [-0.2, -0.15) is 9.78 Å². The average molecular weight is 392 g/mol. The van der Waals surface area contributed by atoms with Crippen LogP contribution in [0.15, 0.2) is 36.4 Å². The first kappa shape index (κ1) is 19.1. The van der Waals surface area contributed by atoms with Crippen molar-refractivity contribution in [2.75, 3.05) is 36.5 Å². The third-order valence-electron chi connectivity index (χ3n) is 4.74. The zero-order valence-electron chi connectivity index (χ0n) is 16.8. The first-order valence-corrected chi connectivity index (χ1v) is 9.63. The van der Waals surface area contributed by atoms with Gasteiger partial charge >= 0.3 is 0 Å². The summed E-state index contributed by atoms with van der Waals surface area (Å²) >= 11 is 0. The van der Waals surface area contributed by atoms with Crippen LogP contribution in [-0.4, -0.2) is 52.0 Å². The summed E-state index contributed by atoms with van der Waals surface area (Å²) in [6, 6.07) is 11.3. The summed E-state index contributed by atoms with van der Waals surface area (Å²) in [7, 11) is 0. The van der Waals surface area contributed by atoms with Crippen LogP contribution in [-0.2, 0) is 4.74 Å². The summed E-state index contributed by atoms with van der Waals surface area (Å²) in [5.74, 6) is 0.771. The number of aryl methyl sites for hydroxylation is 3. The number of hydrogen-bond acceptors (Lipinski definition) is 6. The second-order valence-electron chi connectivity index (χ2n) is 7.13. The molecular weight excluding hydrogens is 368 g/mol. The molecule has 0 saturated carbocycles. The van der Waals surface area contributed by atoms with Gasteiger partial charge in [-0.3, -0.25) is 4.79 Å². The molecule has 1 fully saturated rings. The van der Waals surface area contributed by atoms with Crippen LogP contribution in [0.2, 0.25) is 0 Å². The van der Waals surface area contributed by atoms with Gasteiger partial charge in [-0.25, -0.2) is 9.97 Å². The third-order valence-corrected chi connectivity index (χ3v) is 4.74. The van der Waals surface area contributed by atoms with Crippen LogP contribution in [0.3, 0.4) is 0 Å². The highest BCUT2D eigenvalue weighted by Gasteiger charge is 2.16. The van der Waals surface area contributed by atoms with Crippen LogP contribution in [0.1, 0.15) is 27.4 Å². The van der Waals surface area contributed by atoms with Crippen molar-refractivity contribution in [2.45, 2.75) is 20.8 Å². The molecule has 3 aromatic rings. The number of hydrogen-bond donors (Lipinski definition) is 1. The van der Waals surface area contributed by atoms with E-state index < -0.39 is 0 Å². The van der Waals surface area contributed by atoms with Gasteiger partial charge in [0.2, 0.25) is 0 Å². The maximum atomic E-state index is 12.8. The lowest BCUT2D eigenvalue weighted by molar-refractivity contribution is 0.102. The normalized spacial score (nSPS) is 14.1. The molecule has 0 radical (unpaired) electrons. The second kappa shape index (κ2) is 8.00. The van der Waals surface area contributed by atoms with Gasteiger partial charge < -0.3 is 15.0 Å². The van der Waals surface area contributed by atoms with E-state index >= 15 is 0 Å². The fourth-order valence-corrected chi connectivity index (χ4v) is 3.38. The summed E-state index contributed by atoms with van der Waals surface area (Å²) in [6.45, 7) is 8.86. The number of nitrogens with zero attached hydrogens (tertiary/aromatic N) is 5. The van der Waals surface area contributed by atoms with E-state index in [-0.39, 0.29) is 5.91 Å². The molecule has 8 heteroatoms. The number of amides is 1. The predicted octanol–water partition coefficient (Wildman–Crippen LogP) is 2.68. The van der Waals surface area contributed by atoms with E-state index in [9.17, 15) is 4.79 Å². The number of rotatable bonds is 4. The number of ether oxygens (including phenoxy) is 1. The van der Waals surface area contributed by atoms with Crippen molar-refractivity contribution in [3.05, 3.63) is 59.0 Å². The van der Waals surface area contributed by atoms with Crippen molar-refractivity contribution < 1.29 is 9.53 Å². The maximum absolute atomic E-state index is 12.8. The first-order valence-electron chi connectivity index (χ1n) is 9.63. The summed E-state index contributed by atoms with van der Waals surface area (Å²) in [6.07, 6.45) is 0. The summed E-state index contributed by atoms with van der Waals surface area (Å²) in [4.78, 5) is 23.9. The molecule has 2 aromatic heterocycles. The third kappa shape index (κ3) is 4.27. The molecule has 1 amide bonds. The molecule has 1 saturated heterocycles. The molecule has 150 valence electrons. The number of nitrogens with one attached hydrogen (secondary N) is 1. The van der Waals surface area contributed by atoms with E-state index in [1.54, 1.807) is 10.7 Å². The molecule has 0 spiro atoms. The van der Waals surface area contributed by atoms with E-state index in [1.165, 1.54) is 0 Å². The van der Waals surface area contributed by atoms with E-state index in [4.69, 9.17) is 4.74 Å². The molecule has 3 heterocycles. The lowest BCUT2D eigenvalue weighted by Crippen LogP contribution is -2.36. The van der Waals surface area contributed by atoms with Crippen molar-refractivity contribution in [1.82, 2.24) is 19.7 Å². The molecule has 1 N–H and O–H groups in total. The zero-order valence-corrected chi connectivity index (χ0v) is 16.8. The topological polar surface area (TPSA) is 85.2 Å².